The van der Waals surface area contributed by atoms with Gasteiger partial charge in [0.05, 0.1) is 5.88 Å². The average Bonchev–Trinajstić information content (AvgIpc) is 1.80. The molecule has 0 fully saturated rings. The molecule has 0 saturated carbocycles. The first kappa shape index (κ1) is 11.6. The largest absolute Gasteiger partial charge is 0.352 e. The van der Waals surface area contributed by atoms with Gasteiger partial charge in [-0.2, -0.15) is 0 Å². The van der Waals surface area contributed by atoms with E-state index in [1.165, 1.54) is 0 Å². The van der Waals surface area contributed by atoms with Crippen molar-refractivity contribution in [1.29, 1.82) is 0 Å². The van der Waals surface area contributed by atoms with Crippen LogP contribution < -0.4 is 0 Å². The summed E-state index contributed by atoms with van der Waals surface area (Å²) >= 11 is 10.8. The molecule has 0 aliphatic rings. The molecule has 11 heavy (non-hydrogen) atoms. The molecule has 0 aromatic carbocycles. The van der Waals surface area contributed by atoms with Crippen molar-refractivity contribution in [2.75, 3.05) is 12.9 Å². The van der Waals surface area contributed by atoms with Crippen molar-refractivity contribution in [3.8, 4) is 0 Å². The van der Waals surface area contributed by atoms with Crippen molar-refractivity contribution in [3.05, 3.63) is 0 Å². The third-order valence-electron chi connectivity index (χ3n) is 1.02. The van der Waals surface area contributed by atoms with Crippen LogP contribution in [-0.4, -0.2) is 26.9 Å². The van der Waals surface area contributed by atoms with Crippen molar-refractivity contribution in [3.63, 3.8) is 0 Å². The number of hydrogen-bond donors (Lipinski definition) is 1. The molecule has 0 atom stereocenters. The SMILES string of the molecule is CN(CSC(C)(C)C)C(=S)S. The highest BCUT2D eigenvalue weighted by Crippen LogP contribution is 2.23. The Labute approximate surface area is 84.3 Å². The zero-order chi connectivity index (χ0) is 9.07. The molecular formula is C7H15NS3. The Morgan fingerprint density at radius 1 is 1.55 bits per heavy atom. The van der Waals surface area contributed by atoms with Crippen molar-refractivity contribution < 1.29 is 0 Å². The zero-order valence-corrected chi connectivity index (χ0v) is 9.95. The highest BCUT2D eigenvalue weighted by atomic mass is 32.2. The van der Waals surface area contributed by atoms with E-state index in [1.807, 2.05) is 23.7 Å². The predicted molar refractivity (Wildman–Crippen MR) is 61.6 cm³/mol. The van der Waals surface area contributed by atoms with Crippen LogP contribution in [0.4, 0.5) is 0 Å². The zero-order valence-electron chi connectivity index (χ0n) is 7.42. The summed E-state index contributed by atoms with van der Waals surface area (Å²) in [6, 6.07) is 0. The van der Waals surface area contributed by atoms with Crippen LogP contribution in [0.3, 0.4) is 0 Å². The van der Waals surface area contributed by atoms with Gasteiger partial charge in [0, 0.05) is 11.8 Å². The van der Waals surface area contributed by atoms with Gasteiger partial charge in [-0.1, -0.05) is 33.0 Å². The molecule has 0 aromatic heterocycles. The lowest BCUT2D eigenvalue weighted by Gasteiger charge is -2.23. The molecule has 0 heterocycles. The van der Waals surface area contributed by atoms with Crippen LogP contribution in [-0.2, 0) is 0 Å². The van der Waals surface area contributed by atoms with E-state index in [2.05, 4.69) is 33.4 Å². The first-order valence-electron chi connectivity index (χ1n) is 3.41. The molecule has 0 aliphatic heterocycles. The van der Waals surface area contributed by atoms with E-state index in [1.54, 1.807) is 0 Å². The van der Waals surface area contributed by atoms with Crippen LogP contribution >= 0.6 is 36.6 Å². The molecule has 0 aromatic rings. The Balaban J connectivity index is 3.63. The van der Waals surface area contributed by atoms with E-state index in [0.29, 0.717) is 9.07 Å². The molecule has 0 aliphatic carbocycles. The van der Waals surface area contributed by atoms with Gasteiger partial charge < -0.3 is 4.90 Å². The fourth-order valence-electron chi connectivity index (χ4n) is 0.346. The Morgan fingerprint density at radius 3 is 2.27 bits per heavy atom. The Morgan fingerprint density at radius 2 is 2.00 bits per heavy atom. The fraction of sp³-hybridized carbons (Fsp3) is 0.857. The summed E-state index contributed by atoms with van der Waals surface area (Å²) in [4.78, 5) is 1.95. The summed E-state index contributed by atoms with van der Waals surface area (Å²) < 4.78 is 0.953. The molecule has 0 bridgehead atoms. The van der Waals surface area contributed by atoms with E-state index < -0.39 is 0 Å². The molecule has 0 N–H and O–H groups in total. The summed E-state index contributed by atoms with van der Waals surface area (Å²) in [6.07, 6.45) is 0. The van der Waals surface area contributed by atoms with Crippen molar-refractivity contribution in [1.82, 2.24) is 4.90 Å². The molecule has 0 unspecified atom stereocenters. The van der Waals surface area contributed by atoms with Crippen molar-refractivity contribution in [2.24, 2.45) is 0 Å². The van der Waals surface area contributed by atoms with E-state index in [0.717, 1.165) is 5.88 Å². The van der Waals surface area contributed by atoms with Gasteiger partial charge in [0.1, 0.15) is 4.32 Å². The van der Waals surface area contributed by atoms with Crippen LogP contribution in [0.25, 0.3) is 0 Å². The van der Waals surface area contributed by atoms with Crippen molar-refractivity contribution in [2.45, 2.75) is 25.5 Å². The molecule has 0 rings (SSSR count). The summed E-state index contributed by atoms with van der Waals surface area (Å²) in [5.74, 6) is 0.909. The first-order valence-corrected chi connectivity index (χ1v) is 5.25. The maximum Gasteiger partial charge on any atom is 0.133 e. The van der Waals surface area contributed by atoms with Crippen LogP contribution in [0.2, 0.25) is 0 Å². The topological polar surface area (TPSA) is 3.24 Å². The average molecular weight is 209 g/mol. The lowest BCUT2D eigenvalue weighted by atomic mass is 10.3. The third-order valence-corrected chi connectivity index (χ3v) is 3.05. The number of hydrogen-bond acceptors (Lipinski definition) is 2. The summed E-state index contributed by atoms with van der Waals surface area (Å²) in [7, 11) is 1.95. The Kier molecular flexibility index (Phi) is 4.82. The monoisotopic (exact) mass is 209 g/mol. The molecule has 0 spiro atoms. The highest BCUT2D eigenvalue weighted by Gasteiger charge is 2.11. The second-order valence-electron chi connectivity index (χ2n) is 3.37. The number of thioether (sulfide) groups is 1. The second kappa shape index (κ2) is 4.58. The lowest BCUT2D eigenvalue weighted by Crippen LogP contribution is -2.23. The lowest BCUT2D eigenvalue weighted by molar-refractivity contribution is 0.617. The van der Waals surface area contributed by atoms with Crippen LogP contribution in [0.5, 0.6) is 0 Å². The minimum Gasteiger partial charge on any atom is -0.352 e. The minimum atomic E-state index is 0.298. The van der Waals surface area contributed by atoms with Gasteiger partial charge in [0.25, 0.3) is 0 Å². The fourth-order valence-corrected chi connectivity index (χ4v) is 1.37. The molecular weight excluding hydrogens is 194 g/mol. The van der Waals surface area contributed by atoms with Gasteiger partial charge in [-0.3, -0.25) is 0 Å². The van der Waals surface area contributed by atoms with Crippen LogP contribution in [0.15, 0.2) is 0 Å². The quantitative estimate of drug-likeness (QED) is 0.423. The summed E-state index contributed by atoms with van der Waals surface area (Å²) in [5.41, 5.74) is 0. The molecule has 4 heteroatoms. The van der Waals surface area contributed by atoms with E-state index in [-0.39, 0.29) is 0 Å². The molecule has 1 nitrogen and oxygen atoms in total. The summed E-state index contributed by atoms with van der Waals surface area (Å²) in [5, 5.41) is 0. The van der Waals surface area contributed by atoms with Crippen molar-refractivity contribution >= 4 is 40.9 Å². The number of nitrogens with zero attached hydrogens (tertiary/aromatic N) is 1. The summed E-state index contributed by atoms with van der Waals surface area (Å²) in [6.45, 7) is 6.56. The molecule has 0 amide bonds. The van der Waals surface area contributed by atoms with Crippen LogP contribution in [0.1, 0.15) is 20.8 Å². The number of thiocarbonyl (C=S) groups is 1. The normalized spacial score (nSPS) is 11.4. The standard InChI is InChI=1S/C7H15NS3/c1-7(2,3)11-5-8(4)6(9)10/h5H2,1-4H3,(H,9,10). The number of rotatable bonds is 2. The maximum absolute atomic E-state index is 4.88. The smallest absolute Gasteiger partial charge is 0.133 e. The van der Waals surface area contributed by atoms with E-state index in [9.17, 15) is 0 Å². The van der Waals surface area contributed by atoms with Gasteiger partial charge in [-0.25, -0.2) is 0 Å². The third kappa shape index (κ3) is 6.97. The molecule has 0 radical (unpaired) electrons. The van der Waals surface area contributed by atoms with Gasteiger partial charge in [-0.05, 0) is 0 Å². The first-order chi connectivity index (χ1) is 4.83. The highest BCUT2D eigenvalue weighted by molar-refractivity contribution is 8.11. The molecule has 66 valence electrons. The Bertz CT molecular complexity index is 139. The van der Waals surface area contributed by atoms with Gasteiger partial charge in [0.15, 0.2) is 0 Å². The minimum absolute atomic E-state index is 0.298. The van der Waals surface area contributed by atoms with Gasteiger partial charge in [0.2, 0.25) is 0 Å². The van der Waals surface area contributed by atoms with E-state index >= 15 is 0 Å². The van der Waals surface area contributed by atoms with Gasteiger partial charge in [-0.15, -0.1) is 24.4 Å². The molecule has 0 saturated heterocycles. The van der Waals surface area contributed by atoms with Gasteiger partial charge >= 0.3 is 0 Å². The van der Waals surface area contributed by atoms with Crippen LogP contribution in [0, 0.1) is 0 Å². The maximum atomic E-state index is 4.88. The number of thiol groups is 1. The second-order valence-corrected chi connectivity index (χ2v) is 6.25. The van der Waals surface area contributed by atoms with E-state index in [4.69, 9.17) is 12.2 Å². The predicted octanol–water partition coefficient (Wildman–Crippen LogP) is 2.62. The Hall–Kier alpha value is 0.590.